The van der Waals surface area contributed by atoms with Crippen LogP contribution < -0.4 is 10.1 Å². The third kappa shape index (κ3) is 4.56. The average Bonchev–Trinajstić information content (AvgIpc) is 3.28. The summed E-state index contributed by atoms with van der Waals surface area (Å²) in [5, 5.41) is 3.52. The van der Waals surface area contributed by atoms with E-state index in [-0.39, 0.29) is 0 Å². The van der Waals surface area contributed by atoms with Gasteiger partial charge in [0.25, 0.3) is 0 Å². The van der Waals surface area contributed by atoms with E-state index in [0.717, 1.165) is 32.8 Å². The Kier molecular flexibility index (Phi) is 4.99. The second kappa shape index (κ2) is 6.95. The van der Waals surface area contributed by atoms with Crippen LogP contribution in [0.2, 0.25) is 0 Å². The van der Waals surface area contributed by atoms with E-state index in [1.54, 1.807) is 0 Å². The number of halogens is 2. The standard InChI is InChI=1S/C17H17Br2NO/c18-14-3-1-2-13(8-14)11-21-17-7-4-12(9-16(17)19)10-20-15-5-6-15/h1-4,7-9,15,20H,5-6,10-11H2. The Morgan fingerprint density at radius 1 is 1.05 bits per heavy atom. The lowest BCUT2D eigenvalue weighted by atomic mass is 10.2. The Balaban J connectivity index is 1.59. The third-order valence-corrected chi connectivity index (χ3v) is 4.56. The van der Waals surface area contributed by atoms with Crippen molar-refractivity contribution in [2.45, 2.75) is 32.0 Å². The maximum atomic E-state index is 5.88. The Morgan fingerprint density at radius 2 is 1.90 bits per heavy atom. The Hall–Kier alpha value is -0.840. The fraction of sp³-hybridized carbons (Fsp3) is 0.294. The van der Waals surface area contributed by atoms with E-state index in [1.165, 1.54) is 18.4 Å². The largest absolute Gasteiger partial charge is 0.488 e. The SMILES string of the molecule is Brc1cccc(COc2ccc(CNC3CC3)cc2Br)c1. The molecule has 0 radical (unpaired) electrons. The number of benzene rings is 2. The van der Waals surface area contributed by atoms with Crippen molar-refractivity contribution < 1.29 is 4.74 Å². The summed E-state index contributed by atoms with van der Waals surface area (Å²) in [6.45, 7) is 1.49. The van der Waals surface area contributed by atoms with Crippen molar-refractivity contribution >= 4 is 31.9 Å². The highest BCUT2D eigenvalue weighted by molar-refractivity contribution is 9.10. The van der Waals surface area contributed by atoms with Gasteiger partial charge in [-0.25, -0.2) is 0 Å². The molecule has 1 aliphatic carbocycles. The van der Waals surface area contributed by atoms with E-state index in [9.17, 15) is 0 Å². The summed E-state index contributed by atoms with van der Waals surface area (Å²) in [7, 11) is 0. The molecule has 110 valence electrons. The number of nitrogens with one attached hydrogen (secondary N) is 1. The number of hydrogen-bond acceptors (Lipinski definition) is 2. The molecule has 1 fully saturated rings. The lowest BCUT2D eigenvalue weighted by molar-refractivity contribution is 0.304. The Morgan fingerprint density at radius 3 is 2.62 bits per heavy atom. The lowest BCUT2D eigenvalue weighted by Crippen LogP contribution is -2.15. The van der Waals surface area contributed by atoms with Crippen molar-refractivity contribution in [1.29, 1.82) is 0 Å². The molecular formula is C17H17Br2NO. The van der Waals surface area contributed by atoms with Crippen LogP contribution in [0.4, 0.5) is 0 Å². The molecule has 0 aliphatic heterocycles. The van der Waals surface area contributed by atoms with Gasteiger partial charge in [0.1, 0.15) is 12.4 Å². The molecule has 0 heterocycles. The van der Waals surface area contributed by atoms with Crippen molar-refractivity contribution in [3.63, 3.8) is 0 Å². The predicted molar refractivity (Wildman–Crippen MR) is 92.5 cm³/mol. The third-order valence-electron chi connectivity index (χ3n) is 3.45. The van der Waals surface area contributed by atoms with E-state index in [2.05, 4.69) is 61.4 Å². The fourth-order valence-electron chi connectivity index (χ4n) is 2.11. The minimum Gasteiger partial charge on any atom is -0.488 e. The van der Waals surface area contributed by atoms with Crippen molar-refractivity contribution in [3.05, 3.63) is 62.5 Å². The average molecular weight is 411 g/mol. The number of ether oxygens (including phenoxy) is 1. The Bertz CT molecular complexity index is 626. The van der Waals surface area contributed by atoms with Crippen LogP contribution in [-0.2, 0) is 13.2 Å². The molecule has 3 rings (SSSR count). The first-order valence-electron chi connectivity index (χ1n) is 7.10. The van der Waals surface area contributed by atoms with Crippen molar-refractivity contribution in [1.82, 2.24) is 5.32 Å². The minimum absolute atomic E-state index is 0.567. The highest BCUT2D eigenvalue weighted by Gasteiger charge is 2.19. The van der Waals surface area contributed by atoms with E-state index in [4.69, 9.17) is 4.74 Å². The zero-order valence-corrected chi connectivity index (χ0v) is 14.8. The summed E-state index contributed by atoms with van der Waals surface area (Å²) >= 11 is 7.07. The van der Waals surface area contributed by atoms with Crippen LogP contribution in [0.25, 0.3) is 0 Å². The highest BCUT2D eigenvalue weighted by Crippen LogP contribution is 2.28. The highest BCUT2D eigenvalue weighted by atomic mass is 79.9. The maximum absolute atomic E-state index is 5.88. The van der Waals surface area contributed by atoms with Crippen LogP contribution in [0.15, 0.2) is 51.4 Å². The van der Waals surface area contributed by atoms with E-state index < -0.39 is 0 Å². The summed E-state index contributed by atoms with van der Waals surface area (Å²) in [6, 6.07) is 15.2. The predicted octanol–water partition coefficient (Wildman–Crippen LogP) is 5.04. The molecule has 2 aromatic rings. The first-order valence-corrected chi connectivity index (χ1v) is 8.68. The summed E-state index contributed by atoms with van der Waals surface area (Å²) < 4.78 is 7.96. The topological polar surface area (TPSA) is 21.3 Å². The van der Waals surface area contributed by atoms with Crippen LogP contribution in [0.1, 0.15) is 24.0 Å². The summed E-state index contributed by atoms with van der Waals surface area (Å²) in [4.78, 5) is 0. The second-order valence-electron chi connectivity index (χ2n) is 5.34. The van der Waals surface area contributed by atoms with E-state index in [1.807, 2.05) is 18.2 Å². The van der Waals surface area contributed by atoms with Gasteiger partial charge in [-0.3, -0.25) is 0 Å². The number of rotatable bonds is 6. The molecule has 0 amide bonds. The smallest absolute Gasteiger partial charge is 0.134 e. The van der Waals surface area contributed by atoms with Crippen LogP contribution in [0, 0.1) is 0 Å². The zero-order valence-electron chi connectivity index (χ0n) is 11.6. The zero-order chi connectivity index (χ0) is 14.7. The van der Waals surface area contributed by atoms with E-state index in [0.29, 0.717) is 6.61 Å². The van der Waals surface area contributed by atoms with Crippen LogP contribution in [0.5, 0.6) is 5.75 Å². The summed E-state index contributed by atoms with van der Waals surface area (Å²) in [5.41, 5.74) is 2.43. The monoisotopic (exact) mass is 409 g/mol. The molecule has 1 saturated carbocycles. The molecule has 1 aliphatic rings. The normalized spacial score (nSPS) is 14.2. The summed E-state index contributed by atoms with van der Waals surface area (Å²) in [6.07, 6.45) is 2.63. The summed E-state index contributed by atoms with van der Waals surface area (Å²) in [5.74, 6) is 0.880. The first-order chi connectivity index (χ1) is 10.2. The molecule has 0 saturated heterocycles. The van der Waals surface area contributed by atoms with Gasteiger partial charge in [-0.05, 0) is 64.2 Å². The van der Waals surface area contributed by atoms with Gasteiger partial charge in [0.15, 0.2) is 0 Å². The van der Waals surface area contributed by atoms with Crippen molar-refractivity contribution in [3.8, 4) is 5.75 Å². The van der Waals surface area contributed by atoms with Gasteiger partial charge >= 0.3 is 0 Å². The molecule has 0 unspecified atom stereocenters. The molecule has 2 nitrogen and oxygen atoms in total. The molecule has 0 atom stereocenters. The minimum atomic E-state index is 0.567. The van der Waals surface area contributed by atoms with Gasteiger partial charge in [0.2, 0.25) is 0 Å². The molecule has 4 heteroatoms. The van der Waals surface area contributed by atoms with E-state index >= 15 is 0 Å². The second-order valence-corrected chi connectivity index (χ2v) is 7.11. The maximum Gasteiger partial charge on any atom is 0.134 e. The molecule has 2 aromatic carbocycles. The molecule has 0 bridgehead atoms. The van der Waals surface area contributed by atoms with Crippen LogP contribution in [0.3, 0.4) is 0 Å². The lowest BCUT2D eigenvalue weighted by Gasteiger charge is -2.10. The molecule has 0 spiro atoms. The quantitative estimate of drug-likeness (QED) is 0.719. The van der Waals surface area contributed by atoms with Gasteiger partial charge in [-0.15, -0.1) is 0 Å². The van der Waals surface area contributed by atoms with Gasteiger partial charge < -0.3 is 10.1 Å². The molecule has 21 heavy (non-hydrogen) atoms. The van der Waals surface area contributed by atoms with Gasteiger partial charge in [0, 0.05) is 17.1 Å². The number of hydrogen-bond donors (Lipinski definition) is 1. The van der Waals surface area contributed by atoms with Crippen LogP contribution in [-0.4, -0.2) is 6.04 Å². The first kappa shape index (κ1) is 15.1. The van der Waals surface area contributed by atoms with Crippen molar-refractivity contribution in [2.24, 2.45) is 0 Å². The van der Waals surface area contributed by atoms with Gasteiger partial charge in [-0.2, -0.15) is 0 Å². The van der Waals surface area contributed by atoms with Crippen LogP contribution >= 0.6 is 31.9 Å². The fourth-order valence-corrected chi connectivity index (χ4v) is 3.10. The molecular weight excluding hydrogens is 394 g/mol. The Labute approximate surface area is 142 Å². The molecule has 1 N–H and O–H groups in total. The molecule has 0 aromatic heterocycles. The van der Waals surface area contributed by atoms with Crippen molar-refractivity contribution in [2.75, 3.05) is 0 Å². The van der Waals surface area contributed by atoms with Gasteiger partial charge in [-0.1, -0.05) is 34.1 Å². The van der Waals surface area contributed by atoms with Gasteiger partial charge in [0.05, 0.1) is 4.47 Å².